The Balaban J connectivity index is 1.75. The summed E-state index contributed by atoms with van der Waals surface area (Å²) in [5.41, 5.74) is 5.84. The fraction of sp³-hybridized carbons (Fsp3) is 0.500. The van der Waals surface area contributed by atoms with E-state index in [-0.39, 0.29) is 17.2 Å². The molecule has 3 rings (SSSR count). The lowest BCUT2D eigenvalue weighted by atomic mass is 9.88. The number of carbonyl (C=O) groups excluding carboxylic acids is 1. The molecule has 0 unspecified atom stereocenters. The largest absolute Gasteiger partial charge is 0.398 e. The van der Waals surface area contributed by atoms with Crippen LogP contribution in [0.25, 0.3) is 0 Å². The van der Waals surface area contributed by atoms with Gasteiger partial charge >= 0.3 is 0 Å². The lowest BCUT2D eigenvalue weighted by Crippen LogP contribution is -2.64. The summed E-state index contributed by atoms with van der Waals surface area (Å²) >= 11 is 0. The highest BCUT2D eigenvalue weighted by Crippen LogP contribution is 2.44. The molecule has 0 aromatic heterocycles. The summed E-state index contributed by atoms with van der Waals surface area (Å²) in [5.74, 6) is -0.409. The van der Waals surface area contributed by atoms with Crippen LogP contribution in [0.4, 0.5) is 10.1 Å². The van der Waals surface area contributed by atoms with Crippen molar-refractivity contribution in [3.63, 3.8) is 0 Å². The molecule has 2 aliphatic rings. The number of hydrogen-bond acceptors (Lipinski definition) is 3. The number of rotatable bonds is 2. The van der Waals surface area contributed by atoms with Crippen LogP contribution in [0.15, 0.2) is 12.1 Å². The molecule has 102 valence electrons. The van der Waals surface area contributed by atoms with Gasteiger partial charge in [0.15, 0.2) is 0 Å². The number of hydrogen-bond donors (Lipinski definition) is 2. The maximum atomic E-state index is 13.6. The monoisotopic (exact) mass is 264 g/mol. The molecule has 1 aromatic carbocycles. The Bertz CT molecular complexity index is 525. The Morgan fingerprint density at radius 3 is 2.63 bits per heavy atom. The van der Waals surface area contributed by atoms with Crippen molar-refractivity contribution in [3.8, 4) is 0 Å². The molecular weight excluding hydrogens is 247 g/mol. The molecule has 19 heavy (non-hydrogen) atoms. The highest BCUT2D eigenvalue weighted by Gasteiger charge is 2.53. The van der Waals surface area contributed by atoms with Crippen LogP contribution in [-0.4, -0.2) is 34.6 Å². The Hall–Kier alpha value is -1.62. The Kier molecular flexibility index (Phi) is 2.57. The highest BCUT2D eigenvalue weighted by atomic mass is 19.1. The number of nitrogens with two attached hydrogens (primary N) is 1. The van der Waals surface area contributed by atoms with E-state index >= 15 is 0 Å². The summed E-state index contributed by atoms with van der Waals surface area (Å²) in [6.45, 7) is 2.26. The maximum Gasteiger partial charge on any atom is 0.254 e. The maximum absolute atomic E-state index is 13.6. The molecule has 1 heterocycles. The summed E-state index contributed by atoms with van der Waals surface area (Å²) in [4.78, 5) is 13.7. The van der Waals surface area contributed by atoms with E-state index in [0.29, 0.717) is 24.6 Å². The molecule has 0 radical (unpaired) electrons. The van der Waals surface area contributed by atoms with E-state index in [1.165, 1.54) is 12.1 Å². The van der Waals surface area contributed by atoms with E-state index < -0.39 is 11.4 Å². The molecule has 0 bridgehead atoms. The van der Waals surface area contributed by atoms with Crippen molar-refractivity contribution in [2.24, 2.45) is 5.92 Å². The minimum Gasteiger partial charge on any atom is -0.398 e. The quantitative estimate of drug-likeness (QED) is 0.792. The third-order valence-corrected chi connectivity index (χ3v) is 4.19. The molecule has 0 atom stereocenters. The molecule has 4 nitrogen and oxygen atoms in total. The second-order valence-corrected chi connectivity index (χ2v) is 5.71. The van der Waals surface area contributed by atoms with Gasteiger partial charge in [0.2, 0.25) is 0 Å². The first-order valence-electron chi connectivity index (χ1n) is 6.48. The van der Waals surface area contributed by atoms with Crippen LogP contribution in [-0.2, 0) is 0 Å². The van der Waals surface area contributed by atoms with Crippen molar-refractivity contribution in [2.75, 3.05) is 18.8 Å². The number of anilines is 1. The Morgan fingerprint density at radius 1 is 1.47 bits per heavy atom. The van der Waals surface area contributed by atoms with Crippen LogP contribution < -0.4 is 5.73 Å². The summed E-state index contributed by atoms with van der Waals surface area (Å²) < 4.78 is 13.6. The number of amides is 1. The average Bonchev–Trinajstić information content (AvgIpc) is 3.14. The number of nitrogens with zero attached hydrogens (tertiary/aromatic N) is 1. The molecule has 1 saturated carbocycles. The van der Waals surface area contributed by atoms with Gasteiger partial charge in [0.25, 0.3) is 5.91 Å². The van der Waals surface area contributed by atoms with Crippen LogP contribution in [0, 0.1) is 18.7 Å². The van der Waals surface area contributed by atoms with Crippen LogP contribution in [0.2, 0.25) is 0 Å². The molecule has 1 aromatic rings. The summed E-state index contributed by atoms with van der Waals surface area (Å²) in [5, 5.41) is 10.2. The molecule has 3 N–H and O–H groups in total. The van der Waals surface area contributed by atoms with Crippen molar-refractivity contribution < 1.29 is 14.3 Å². The standard InChI is InChI=1S/C14H17FN2O2/c1-8-11(15)4-9(5-12(8)16)13(18)17-6-14(19,7-17)10-2-3-10/h4-5,10,19H,2-3,6-7,16H2,1H3. The lowest BCUT2D eigenvalue weighted by molar-refractivity contribution is -0.0958. The van der Waals surface area contributed by atoms with Crippen LogP contribution in [0.1, 0.15) is 28.8 Å². The van der Waals surface area contributed by atoms with Crippen molar-refractivity contribution in [3.05, 3.63) is 29.1 Å². The summed E-state index contributed by atoms with van der Waals surface area (Å²) in [6.07, 6.45) is 2.06. The van der Waals surface area contributed by atoms with Gasteiger partial charge in [-0.3, -0.25) is 4.79 Å². The smallest absolute Gasteiger partial charge is 0.254 e. The van der Waals surface area contributed by atoms with Crippen molar-refractivity contribution >= 4 is 11.6 Å². The number of aliphatic hydroxyl groups is 1. The van der Waals surface area contributed by atoms with Crippen LogP contribution in [0.5, 0.6) is 0 Å². The summed E-state index contributed by atoms with van der Waals surface area (Å²) in [6, 6.07) is 2.71. The first kappa shape index (κ1) is 12.4. The number of halogens is 1. The molecular formula is C14H17FN2O2. The molecule has 1 aliphatic heterocycles. The molecule has 0 spiro atoms. The third kappa shape index (κ3) is 1.98. The van der Waals surface area contributed by atoms with Gasteiger partial charge in [-0.1, -0.05) is 0 Å². The van der Waals surface area contributed by atoms with Gasteiger partial charge in [0, 0.05) is 16.8 Å². The normalized spacial score (nSPS) is 21.1. The second-order valence-electron chi connectivity index (χ2n) is 5.71. The topological polar surface area (TPSA) is 66.6 Å². The van der Waals surface area contributed by atoms with Gasteiger partial charge in [0.05, 0.1) is 13.1 Å². The zero-order valence-corrected chi connectivity index (χ0v) is 10.8. The average molecular weight is 264 g/mol. The lowest BCUT2D eigenvalue weighted by Gasteiger charge is -2.47. The van der Waals surface area contributed by atoms with Gasteiger partial charge in [-0.2, -0.15) is 0 Å². The first-order valence-corrected chi connectivity index (χ1v) is 6.48. The fourth-order valence-corrected chi connectivity index (χ4v) is 2.64. The van der Waals surface area contributed by atoms with Crippen molar-refractivity contribution in [1.29, 1.82) is 0 Å². The number of nitrogen functional groups attached to an aromatic ring is 1. The number of β-amino-alcohol motifs (C(OH)–C–C–N with tert-alkyl or cyclic N) is 1. The number of carbonyl (C=O) groups is 1. The fourth-order valence-electron chi connectivity index (χ4n) is 2.64. The minimum atomic E-state index is -0.718. The summed E-state index contributed by atoms with van der Waals surface area (Å²) in [7, 11) is 0. The molecule has 2 fully saturated rings. The Morgan fingerprint density at radius 2 is 2.11 bits per heavy atom. The number of likely N-dealkylation sites (tertiary alicyclic amines) is 1. The zero-order valence-electron chi connectivity index (χ0n) is 10.8. The van der Waals surface area contributed by atoms with Gasteiger partial charge in [-0.15, -0.1) is 0 Å². The van der Waals surface area contributed by atoms with Gasteiger partial charge in [-0.05, 0) is 37.8 Å². The van der Waals surface area contributed by atoms with E-state index in [0.717, 1.165) is 12.8 Å². The Labute approximate surface area is 111 Å². The van der Waals surface area contributed by atoms with Crippen molar-refractivity contribution in [1.82, 2.24) is 4.90 Å². The van der Waals surface area contributed by atoms with Gasteiger partial charge < -0.3 is 15.7 Å². The zero-order chi connectivity index (χ0) is 13.8. The predicted molar refractivity (Wildman–Crippen MR) is 69.1 cm³/mol. The van der Waals surface area contributed by atoms with Crippen LogP contribution in [0.3, 0.4) is 0 Å². The first-order chi connectivity index (χ1) is 8.90. The van der Waals surface area contributed by atoms with Crippen molar-refractivity contribution in [2.45, 2.75) is 25.4 Å². The van der Waals surface area contributed by atoms with E-state index in [2.05, 4.69) is 0 Å². The SMILES string of the molecule is Cc1c(N)cc(C(=O)N2CC(O)(C3CC3)C2)cc1F. The van der Waals surface area contributed by atoms with E-state index in [1.807, 2.05) is 0 Å². The van der Waals surface area contributed by atoms with E-state index in [1.54, 1.807) is 11.8 Å². The van der Waals surface area contributed by atoms with Gasteiger partial charge in [0.1, 0.15) is 11.4 Å². The van der Waals surface area contributed by atoms with Crippen LogP contribution >= 0.6 is 0 Å². The molecule has 1 amide bonds. The number of benzene rings is 1. The van der Waals surface area contributed by atoms with E-state index in [9.17, 15) is 14.3 Å². The molecule has 1 aliphatic carbocycles. The molecule has 1 saturated heterocycles. The minimum absolute atomic E-state index is 0.249. The third-order valence-electron chi connectivity index (χ3n) is 4.19. The van der Waals surface area contributed by atoms with Gasteiger partial charge in [-0.25, -0.2) is 4.39 Å². The predicted octanol–water partition coefficient (Wildman–Crippen LogP) is 1.31. The molecule has 5 heteroatoms. The van der Waals surface area contributed by atoms with E-state index in [4.69, 9.17) is 5.73 Å². The highest BCUT2D eigenvalue weighted by molar-refractivity contribution is 5.96. The second kappa shape index (κ2) is 3.93.